The van der Waals surface area contributed by atoms with Gasteiger partial charge in [0, 0.05) is 13.1 Å². The fourth-order valence-corrected chi connectivity index (χ4v) is 3.17. The van der Waals surface area contributed by atoms with E-state index >= 15 is 0 Å². The molecule has 29 heavy (non-hydrogen) atoms. The Labute approximate surface area is 173 Å². The molecule has 1 N–H and O–H groups in total. The van der Waals surface area contributed by atoms with Crippen LogP contribution < -0.4 is 5.32 Å². The Morgan fingerprint density at radius 1 is 1.10 bits per heavy atom. The zero-order valence-corrected chi connectivity index (χ0v) is 18.1. The topological polar surface area (TPSA) is 75.4 Å². The second-order valence-corrected chi connectivity index (χ2v) is 8.21. The number of amides is 2. The number of oxazole rings is 1. The number of nitrogens with zero attached hydrogens (tertiary/aromatic N) is 2. The number of hydrogen-bond acceptors (Lipinski definition) is 4. The summed E-state index contributed by atoms with van der Waals surface area (Å²) in [6.45, 7) is 11.6. The number of rotatable bonds is 10. The van der Waals surface area contributed by atoms with Gasteiger partial charge in [0.05, 0.1) is 12.5 Å². The lowest BCUT2D eigenvalue weighted by Gasteiger charge is -2.27. The summed E-state index contributed by atoms with van der Waals surface area (Å²) in [6, 6.07) is 9.83. The molecule has 0 bridgehead atoms. The summed E-state index contributed by atoms with van der Waals surface area (Å²) in [5.74, 6) is 0.613. The molecule has 158 valence electrons. The minimum atomic E-state index is -0.258. The van der Waals surface area contributed by atoms with Crippen LogP contribution in [0.3, 0.4) is 0 Å². The van der Waals surface area contributed by atoms with E-state index in [4.69, 9.17) is 4.42 Å². The lowest BCUT2D eigenvalue weighted by atomic mass is 9.94. The number of carbonyl (C=O) groups is 2. The van der Waals surface area contributed by atoms with Gasteiger partial charge in [0.25, 0.3) is 5.91 Å². The van der Waals surface area contributed by atoms with E-state index in [-0.39, 0.29) is 30.0 Å². The predicted molar refractivity (Wildman–Crippen MR) is 113 cm³/mol. The Kier molecular flexibility index (Phi) is 8.43. The summed E-state index contributed by atoms with van der Waals surface area (Å²) in [7, 11) is 0. The average Bonchev–Trinajstić information content (AvgIpc) is 3.15. The van der Waals surface area contributed by atoms with Crippen molar-refractivity contribution in [2.24, 2.45) is 11.8 Å². The molecule has 0 radical (unpaired) electrons. The van der Waals surface area contributed by atoms with Crippen molar-refractivity contribution < 1.29 is 14.0 Å². The van der Waals surface area contributed by atoms with E-state index in [0.717, 1.165) is 5.56 Å². The Hall–Kier alpha value is -2.63. The monoisotopic (exact) mass is 399 g/mol. The summed E-state index contributed by atoms with van der Waals surface area (Å²) in [4.78, 5) is 31.6. The van der Waals surface area contributed by atoms with E-state index < -0.39 is 0 Å². The van der Waals surface area contributed by atoms with Crippen LogP contribution in [0.2, 0.25) is 0 Å². The minimum absolute atomic E-state index is 0.0522. The maximum absolute atomic E-state index is 13.3. The molecule has 6 nitrogen and oxygen atoms in total. The van der Waals surface area contributed by atoms with Crippen molar-refractivity contribution in [2.45, 2.75) is 53.5 Å². The molecule has 0 saturated carbocycles. The van der Waals surface area contributed by atoms with Gasteiger partial charge in [-0.15, -0.1) is 0 Å². The van der Waals surface area contributed by atoms with Crippen molar-refractivity contribution in [1.29, 1.82) is 0 Å². The van der Waals surface area contributed by atoms with Crippen LogP contribution >= 0.6 is 0 Å². The molecule has 2 amide bonds. The molecular formula is C23H33N3O3. The number of carbonyl (C=O) groups excluding carboxylic acids is 2. The zero-order chi connectivity index (χ0) is 21.4. The fourth-order valence-electron chi connectivity index (χ4n) is 3.17. The van der Waals surface area contributed by atoms with Gasteiger partial charge in [-0.1, -0.05) is 65.0 Å². The third-order valence-electron chi connectivity index (χ3n) is 4.59. The van der Waals surface area contributed by atoms with Crippen LogP contribution in [0.4, 0.5) is 0 Å². The van der Waals surface area contributed by atoms with E-state index in [1.165, 1.54) is 6.26 Å². The smallest absolute Gasteiger partial charge is 0.273 e. The number of nitrogens with one attached hydrogen (secondary N) is 1. The minimum Gasteiger partial charge on any atom is -0.446 e. The molecular weight excluding hydrogens is 366 g/mol. The van der Waals surface area contributed by atoms with Crippen LogP contribution in [0, 0.1) is 11.8 Å². The van der Waals surface area contributed by atoms with Crippen LogP contribution in [0.1, 0.15) is 68.9 Å². The van der Waals surface area contributed by atoms with Gasteiger partial charge in [-0.2, -0.15) is 0 Å². The van der Waals surface area contributed by atoms with Gasteiger partial charge in [-0.25, -0.2) is 4.98 Å². The van der Waals surface area contributed by atoms with Gasteiger partial charge in [-0.05, 0) is 23.8 Å². The summed E-state index contributed by atoms with van der Waals surface area (Å²) in [6.07, 6.45) is 2.07. The molecule has 1 heterocycles. The molecule has 0 saturated heterocycles. The first-order chi connectivity index (χ1) is 13.8. The molecule has 0 fully saturated rings. The van der Waals surface area contributed by atoms with Gasteiger partial charge < -0.3 is 14.6 Å². The summed E-state index contributed by atoms with van der Waals surface area (Å²) >= 11 is 0. The first kappa shape index (κ1) is 22.7. The maximum atomic E-state index is 13.3. The van der Waals surface area contributed by atoms with Crippen molar-refractivity contribution in [2.75, 3.05) is 13.1 Å². The van der Waals surface area contributed by atoms with Crippen LogP contribution in [-0.4, -0.2) is 34.8 Å². The standard InChI is InChI=1S/C23H33N3O3/c1-6-19(18-10-8-7-9-11-18)23(28)26(13-17(4)5)14-21-25-20(15-29-21)22(27)24-12-16(2)3/h7-11,15-17,19H,6,12-14H2,1-5H3,(H,24,27)/t19-/m0/s1. The first-order valence-electron chi connectivity index (χ1n) is 10.4. The third kappa shape index (κ3) is 6.73. The highest BCUT2D eigenvalue weighted by molar-refractivity contribution is 5.91. The van der Waals surface area contributed by atoms with Crippen molar-refractivity contribution in [3.05, 3.63) is 53.7 Å². The number of hydrogen-bond donors (Lipinski definition) is 1. The van der Waals surface area contributed by atoms with Crippen molar-refractivity contribution in [1.82, 2.24) is 15.2 Å². The predicted octanol–water partition coefficient (Wildman–Crippen LogP) is 4.24. The van der Waals surface area contributed by atoms with E-state index in [0.29, 0.717) is 37.2 Å². The molecule has 1 aromatic heterocycles. The summed E-state index contributed by atoms with van der Waals surface area (Å²) < 4.78 is 5.51. The van der Waals surface area contributed by atoms with Gasteiger partial charge >= 0.3 is 0 Å². The van der Waals surface area contributed by atoms with E-state index in [2.05, 4.69) is 24.1 Å². The average molecular weight is 400 g/mol. The van der Waals surface area contributed by atoms with Gasteiger partial charge in [0.1, 0.15) is 6.26 Å². The molecule has 0 unspecified atom stereocenters. The maximum Gasteiger partial charge on any atom is 0.273 e. The molecule has 2 rings (SSSR count). The molecule has 0 spiro atoms. The van der Waals surface area contributed by atoms with Crippen molar-refractivity contribution >= 4 is 11.8 Å². The zero-order valence-electron chi connectivity index (χ0n) is 18.1. The second kappa shape index (κ2) is 10.8. The molecule has 0 aliphatic heterocycles. The van der Waals surface area contributed by atoms with Crippen LogP contribution in [0.5, 0.6) is 0 Å². The van der Waals surface area contributed by atoms with Gasteiger partial charge in [0.15, 0.2) is 5.69 Å². The highest BCUT2D eigenvalue weighted by atomic mass is 16.3. The summed E-state index contributed by atoms with van der Waals surface area (Å²) in [5, 5.41) is 2.83. The largest absolute Gasteiger partial charge is 0.446 e. The quantitative estimate of drug-likeness (QED) is 0.648. The van der Waals surface area contributed by atoms with Gasteiger partial charge in [-0.3, -0.25) is 9.59 Å². The summed E-state index contributed by atoms with van der Waals surface area (Å²) in [5.41, 5.74) is 1.25. The van der Waals surface area contributed by atoms with Gasteiger partial charge in [0.2, 0.25) is 11.8 Å². The van der Waals surface area contributed by atoms with Crippen LogP contribution in [-0.2, 0) is 11.3 Å². The molecule has 0 aliphatic rings. The highest BCUT2D eigenvalue weighted by Crippen LogP contribution is 2.23. The number of benzene rings is 1. The fraction of sp³-hybridized carbons (Fsp3) is 0.522. The number of aromatic nitrogens is 1. The van der Waals surface area contributed by atoms with Crippen LogP contribution in [0.25, 0.3) is 0 Å². The molecule has 6 heteroatoms. The first-order valence-corrected chi connectivity index (χ1v) is 10.4. The Bertz CT molecular complexity index is 784. The Morgan fingerprint density at radius 2 is 1.79 bits per heavy atom. The second-order valence-electron chi connectivity index (χ2n) is 8.21. The normalized spacial score (nSPS) is 12.2. The van der Waals surface area contributed by atoms with Crippen LogP contribution in [0.15, 0.2) is 41.0 Å². The van der Waals surface area contributed by atoms with E-state index in [1.807, 2.05) is 51.1 Å². The highest BCUT2D eigenvalue weighted by Gasteiger charge is 2.26. The molecule has 2 aromatic rings. The SMILES string of the molecule is CC[C@H](C(=O)N(Cc1nc(C(=O)NCC(C)C)co1)CC(C)C)c1ccccc1. The molecule has 1 atom stereocenters. The molecule has 1 aromatic carbocycles. The Morgan fingerprint density at radius 3 is 2.38 bits per heavy atom. The lowest BCUT2D eigenvalue weighted by Crippen LogP contribution is -2.37. The lowest BCUT2D eigenvalue weighted by molar-refractivity contribution is -0.134. The molecule has 0 aliphatic carbocycles. The Balaban J connectivity index is 2.14. The van der Waals surface area contributed by atoms with E-state index in [9.17, 15) is 9.59 Å². The van der Waals surface area contributed by atoms with Crippen molar-refractivity contribution in [3.63, 3.8) is 0 Å². The third-order valence-corrected chi connectivity index (χ3v) is 4.59. The van der Waals surface area contributed by atoms with E-state index in [1.54, 1.807) is 4.90 Å². The van der Waals surface area contributed by atoms with Crippen molar-refractivity contribution in [3.8, 4) is 0 Å².